The number of hydrogen-bond acceptors (Lipinski definition) is 5. The minimum Gasteiger partial charge on any atom is -0.395 e. The van der Waals surface area contributed by atoms with Crippen molar-refractivity contribution >= 4 is 33.4 Å². The number of anilines is 3. The van der Waals surface area contributed by atoms with E-state index in [0.29, 0.717) is 6.08 Å². The number of nitrogens with zero attached hydrogens (tertiary/aromatic N) is 2. The molecule has 214 valence electrons. The zero-order chi connectivity index (χ0) is 30.2. The lowest BCUT2D eigenvalue weighted by atomic mass is 9.87. The van der Waals surface area contributed by atoms with Gasteiger partial charge in [-0.05, 0) is 82.1 Å². The monoisotopic (exact) mass is 576 g/mol. The molecule has 0 aliphatic rings. The van der Waals surface area contributed by atoms with Crippen molar-refractivity contribution in [3.05, 3.63) is 108 Å². The number of nitrogens with two attached hydrogens (primary N) is 1. The lowest BCUT2D eigenvalue weighted by molar-refractivity contribution is -0.0925. The minimum atomic E-state index is -4.70. The van der Waals surface area contributed by atoms with E-state index < -0.39 is 17.6 Å². The molecule has 3 N–H and O–H groups in total. The Balaban J connectivity index is 1.73. The number of nitrogens with one attached hydrogen (secondary N) is 1. The van der Waals surface area contributed by atoms with E-state index in [4.69, 9.17) is 11.1 Å². The van der Waals surface area contributed by atoms with Crippen LogP contribution in [-0.2, 0) is 10.8 Å². The summed E-state index contributed by atoms with van der Waals surface area (Å²) in [4.78, 5) is 7.19. The highest BCUT2D eigenvalue weighted by atomic mass is 32.1. The Labute approximate surface area is 243 Å². The molecule has 0 radical (unpaired) electrons. The van der Waals surface area contributed by atoms with E-state index in [1.54, 1.807) is 23.5 Å². The van der Waals surface area contributed by atoms with Gasteiger partial charge in [-0.3, -0.25) is 10.4 Å². The van der Waals surface area contributed by atoms with Crippen LogP contribution >= 0.6 is 11.3 Å². The molecule has 0 aliphatic carbocycles. The van der Waals surface area contributed by atoms with E-state index in [1.165, 1.54) is 17.3 Å². The van der Waals surface area contributed by atoms with Crippen molar-refractivity contribution in [2.45, 2.75) is 58.5 Å². The first-order valence-electron chi connectivity index (χ1n) is 13.2. The number of hydrogen-bond donors (Lipinski definition) is 2. The van der Waals surface area contributed by atoms with Gasteiger partial charge in [0.25, 0.3) is 0 Å². The average Bonchev–Trinajstić information content (AvgIpc) is 3.38. The summed E-state index contributed by atoms with van der Waals surface area (Å²) < 4.78 is 38.6. The largest absolute Gasteiger partial charge is 0.430 e. The van der Waals surface area contributed by atoms with Gasteiger partial charge in [-0.2, -0.15) is 13.2 Å². The van der Waals surface area contributed by atoms with Crippen molar-refractivity contribution in [2.24, 2.45) is 5.73 Å². The van der Waals surface area contributed by atoms with Crippen molar-refractivity contribution in [2.75, 3.05) is 4.90 Å². The summed E-state index contributed by atoms with van der Waals surface area (Å²) in [6.07, 6.45) is -2.62. The third-order valence-electron chi connectivity index (χ3n) is 6.74. The van der Waals surface area contributed by atoms with Crippen molar-refractivity contribution in [3.63, 3.8) is 0 Å². The molecule has 2 aromatic heterocycles. The van der Waals surface area contributed by atoms with E-state index in [1.807, 2.05) is 12.1 Å². The molecule has 0 aliphatic heterocycles. The summed E-state index contributed by atoms with van der Waals surface area (Å²) in [7, 11) is 0. The van der Waals surface area contributed by atoms with Gasteiger partial charge in [-0.1, -0.05) is 65.8 Å². The molecule has 8 heteroatoms. The molecule has 0 spiro atoms. The molecule has 0 fully saturated rings. The van der Waals surface area contributed by atoms with Crippen LogP contribution in [0.2, 0.25) is 0 Å². The SMILES string of the molecule is CC(C)(C)c1ccc(N(c2ccc(C(C)(C)C)cc2)c2ccc(-c3ccnc(C(=N)C=C(N)C(F)(F)F)c3)s2)cc1. The number of halogens is 3. The maximum Gasteiger partial charge on any atom is 0.430 e. The second-order valence-electron chi connectivity index (χ2n) is 12.0. The van der Waals surface area contributed by atoms with Crippen molar-refractivity contribution in [1.29, 1.82) is 5.41 Å². The molecule has 2 aromatic carbocycles. The second-order valence-corrected chi connectivity index (χ2v) is 13.1. The summed E-state index contributed by atoms with van der Waals surface area (Å²) in [5.41, 5.74) is 8.80. The lowest BCUT2D eigenvalue weighted by Gasteiger charge is -2.26. The van der Waals surface area contributed by atoms with Crippen LogP contribution in [0.25, 0.3) is 10.4 Å². The molecule has 0 saturated heterocycles. The van der Waals surface area contributed by atoms with Gasteiger partial charge in [0.1, 0.15) is 10.7 Å². The van der Waals surface area contributed by atoms with Gasteiger partial charge in [0, 0.05) is 22.4 Å². The second kappa shape index (κ2) is 11.2. The molecule has 41 heavy (non-hydrogen) atoms. The molecule has 4 aromatic rings. The number of rotatable bonds is 6. The number of alkyl halides is 3. The molecule has 0 amide bonds. The first-order chi connectivity index (χ1) is 19.0. The summed E-state index contributed by atoms with van der Waals surface area (Å²) in [6, 6.07) is 24.5. The van der Waals surface area contributed by atoms with Crippen molar-refractivity contribution in [3.8, 4) is 10.4 Å². The van der Waals surface area contributed by atoms with E-state index in [-0.39, 0.29) is 16.5 Å². The van der Waals surface area contributed by atoms with Gasteiger partial charge in [0.15, 0.2) is 0 Å². The highest BCUT2D eigenvalue weighted by molar-refractivity contribution is 7.19. The molecule has 4 nitrogen and oxygen atoms in total. The number of benzene rings is 2. The van der Waals surface area contributed by atoms with Crippen LogP contribution in [0.15, 0.2) is 90.8 Å². The van der Waals surface area contributed by atoms with Crippen molar-refractivity contribution < 1.29 is 13.2 Å². The fourth-order valence-electron chi connectivity index (χ4n) is 4.27. The van der Waals surface area contributed by atoms with Crippen LogP contribution in [-0.4, -0.2) is 16.9 Å². The highest BCUT2D eigenvalue weighted by Crippen LogP contribution is 2.42. The van der Waals surface area contributed by atoms with Crippen LogP contribution in [0, 0.1) is 5.41 Å². The molecule has 0 bridgehead atoms. The molecular formula is C33H35F3N4S. The van der Waals surface area contributed by atoms with Crippen LogP contribution in [0.4, 0.5) is 29.5 Å². The summed E-state index contributed by atoms with van der Waals surface area (Å²) >= 11 is 1.55. The van der Waals surface area contributed by atoms with Crippen LogP contribution in [0.3, 0.4) is 0 Å². The number of aromatic nitrogens is 1. The van der Waals surface area contributed by atoms with Gasteiger partial charge in [-0.15, -0.1) is 11.3 Å². The van der Waals surface area contributed by atoms with Gasteiger partial charge >= 0.3 is 6.18 Å². The van der Waals surface area contributed by atoms with Gasteiger partial charge in [-0.25, -0.2) is 0 Å². The van der Waals surface area contributed by atoms with Gasteiger partial charge < -0.3 is 10.6 Å². The highest BCUT2D eigenvalue weighted by Gasteiger charge is 2.31. The predicted molar refractivity (Wildman–Crippen MR) is 165 cm³/mol. The van der Waals surface area contributed by atoms with E-state index >= 15 is 0 Å². The zero-order valence-corrected chi connectivity index (χ0v) is 24.9. The zero-order valence-electron chi connectivity index (χ0n) is 24.1. The fraction of sp³-hybridized carbons (Fsp3) is 0.273. The summed E-state index contributed by atoms with van der Waals surface area (Å²) in [5.74, 6) is 0. The number of allylic oxidation sites excluding steroid dienone is 2. The van der Waals surface area contributed by atoms with Crippen LogP contribution in [0.5, 0.6) is 0 Å². The quantitative estimate of drug-likeness (QED) is 0.225. The predicted octanol–water partition coefficient (Wildman–Crippen LogP) is 9.65. The fourth-order valence-corrected chi connectivity index (χ4v) is 5.31. The van der Waals surface area contributed by atoms with Gasteiger partial charge in [0.05, 0.1) is 11.4 Å². The van der Waals surface area contributed by atoms with Crippen LogP contribution < -0.4 is 10.6 Å². The van der Waals surface area contributed by atoms with Crippen molar-refractivity contribution in [1.82, 2.24) is 4.98 Å². The molecular weight excluding hydrogens is 541 g/mol. The third-order valence-corrected chi connectivity index (χ3v) is 7.86. The summed E-state index contributed by atoms with van der Waals surface area (Å²) in [5, 5.41) is 9.07. The lowest BCUT2D eigenvalue weighted by Crippen LogP contribution is -2.20. The maximum atomic E-state index is 12.9. The Kier molecular flexibility index (Phi) is 8.18. The molecule has 0 unspecified atom stereocenters. The standard InChI is InChI=1S/C33H35F3N4S/c1-31(2,3)22-7-11-24(12-8-22)40(25-13-9-23(10-14-25)32(4,5)6)30-16-15-28(41-30)21-17-18-39-27(19-21)26(37)20-29(38)33(34,35)36/h7-20,37H,38H2,1-6H3. The Hall–Kier alpha value is -3.91. The molecule has 4 rings (SSSR count). The average molecular weight is 577 g/mol. The third kappa shape index (κ3) is 7.06. The molecule has 0 atom stereocenters. The Morgan fingerprint density at radius 2 is 1.32 bits per heavy atom. The Morgan fingerprint density at radius 3 is 1.78 bits per heavy atom. The topological polar surface area (TPSA) is 66.0 Å². The molecule has 0 saturated carbocycles. The minimum absolute atomic E-state index is 0.0283. The normalized spacial score (nSPS) is 12.9. The van der Waals surface area contributed by atoms with E-state index in [2.05, 4.69) is 100.0 Å². The Bertz CT molecular complexity index is 1490. The number of pyridine rings is 1. The molecule has 2 heterocycles. The first kappa shape index (κ1) is 30.1. The van der Waals surface area contributed by atoms with E-state index in [0.717, 1.165) is 26.8 Å². The maximum absolute atomic E-state index is 12.9. The van der Waals surface area contributed by atoms with E-state index in [9.17, 15) is 13.2 Å². The smallest absolute Gasteiger partial charge is 0.395 e. The summed E-state index contributed by atoms with van der Waals surface area (Å²) in [6.45, 7) is 13.1. The first-order valence-corrected chi connectivity index (χ1v) is 14.1. The van der Waals surface area contributed by atoms with Crippen LogP contribution in [0.1, 0.15) is 58.4 Å². The Morgan fingerprint density at radius 1 is 0.805 bits per heavy atom. The number of thiophene rings is 1. The van der Waals surface area contributed by atoms with Gasteiger partial charge in [0.2, 0.25) is 0 Å².